The first-order valence-corrected chi connectivity index (χ1v) is 12.0. The van der Waals surface area contributed by atoms with Gasteiger partial charge in [0, 0.05) is 28.3 Å². The fourth-order valence-electron chi connectivity index (χ4n) is 4.38. The second-order valence-corrected chi connectivity index (χ2v) is 9.67. The van der Waals surface area contributed by atoms with Crippen LogP contribution in [-0.2, 0) is 4.74 Å². The van der Waals surface area contributed by atoms with Crippen molar-refractivity contribution in [1.29, 1.82) is 0 Å². The van der Waals surface area contributed by atoms with Crippen LogP contribution in [0.5, 0.6) is 0 Å². The summed E-state index contributed by atoms with van der Waals surface area (Å²) >= 11 is 0. The molecule has 0 saturated heterocycles. The molecule has 3 aromatic carbocycles. The van der Waals surface area contributed by atoms with Crippen molar-refractivity contribution in [2.24, 2.45) is 0 Å². The number of benzene rings is 3. The van der Waals surface area contributed by atoms with E-state index in [1.54, 1.807) is 16.9 Å². The first-order valence-electron chi connectivity index (χ1n) is 12.0. The molecule has 1 amide bonds. The Morgan fingerprint density at radius 3 is 2.49 bits per heavy atom. The molecule has 37 heavy (non-hydrogen) atoms. The Hall–Kier alpha value is -4.85. The molecule has 3 aromatic heterocycles. The lowest BCUT2D eigenvalue weighted by atomic mass is 10.1. The first kappa shape index (κ1) is 22.6. The van der Waals surface area contributed by atoms with Crippen LogP contribution in [0.1, 0.15) is 20.8 Å². The second kappa shape index (κ2) is 8.67. The van der Waals surface area contributed by atoms with Gasteiger partial charge in [-0.2, -0.15) is 9.61 Å². The van der Waals surface area contributed by atoms with Crippen LogP contribution >= 0.6 is 0 Å². The van der Waals surface area contributed by atoms with Gasteiger partial charge in [0.2, 0.25) is 5.95 Å². The fourth-order valence-corrected chi connectivity index (χ4v) is 4.38. The van der Waals surface area contributed by atoms with E-state index in [4.69, 9.17) is 14.1 Å². The quantitative estimate of drug-likeness (QED) is 0.276. The second-order valence-electron chi connectivity index (χ2n) is 9.67. The maximum atomic E-state index is 12.3. The van der Waals surface area contributed by atoms with Crippen molar-refractivity contribution in [3.63, 3.8) is 0 Å². The minimum Gasteiger partial charge on any atom is -0.454 e. The number of fused-ring (bicyclic) bond motifs is 4. The summed E-state index contributed by atoms with van der Waals surface area (Å²) in [5, 5.41) is 9.35. The molecule has 6 rings (SSSR count). The molecule has 6 aromatic rings. The summed E-state index contributed by atoms with van der Waals surface area (Å²) in [6, 6.07) is 25.4. The molecular weight excluding hydrogens is 466 g/mol. The highest BCUT2D eigenvalue weighted by Gasteiger charge is 2.23. The number of aromatic nitrogens is 3. The van der Waals surface area contributed by atoms with Gasteiger partial charge in [0.15, 0.2) is 5.58 Å². The average Bonchev–Trinajstić information content (AvgIpc) is 3.50. The Bertz CT molecular complexity index is 1750. The number of hydrogen-bond donors (Lipinski definition) is 1. The normalized spacial score (nSPS) is 11.8. The molecule has 0 atom stereocenters. The highest BCUT2D eigenvalue weighted by Crippen LogP contribution is 2.41. The van der Waals surface area contributed by atoms with Gasteiger partial charge in [-0.15, -0.1) is 0 Å². The third-order valence-electron chi connectivity index (χ3n) is 5.89. The van der Waals surface area contributed by atoms with Crippen molar-refractivity contribution >= 4 is 56.6 Å². The van der Waals surface area contributed by atoms with Crippen LogP contribution in [0.2, 0.25) is 0 Å². The summed E-state index contributed by atoms with van der Waals surface area (Å²) in [5.41, 5.74) is 4.13. The molecule has 8 nitrogen and oxygen atoms in total. The van der Waals surface area contributed by atoms with E-state index in [2.05, 4.69) is 22.5 Å². The Morgan fingerprint density at radius 1 is 0.919 bits per heavy atom. The number of amides is 1. The zero-order chi connectivity index (χ0) is 25.6. The summed E-state index contributed by atoms with van der Waals surface area (Å²) in [5.74, 6) is 0.600. The van der Waals surface area contributed by atoms with Crippen molar-refractivity contribution in [1.82, 2.24) is 14.6 Å². The SMILES string of the molecule is CC(C)(C)OC(=O)Nc1ccc(N(c2cccc3c2oc2ccccc23)c2nccc3ccnn23)cc1. The van der Waals surface area contributed by atoms with Gasteiger partial charge < -0.3 is 9.15 Å². The summed E-state index contributed by atoms with van der Waals surface area (Å²) in [7, 11) is 0. The molecule has 0 aliphatic rings. The summed E-state index contributed by atoms with van der Waals surface area (Å²) in [6.07, 6.45) is 3.00. The largest absolute Gasteiger partial charge is 0.454 e. The van der Waals surface area contributed by atoms with Gasteiger partial charge in [0.05, 0.1) is 17.4 Å². The number of nitrogens with one attached hydrogen (secondary N) is 1. The smallest absolute Gasteiger partial charge is 0.412 e. The molecule has 0 aliphatic heterocycles. The van der Waals surface area contributed by atoms with E-state index in [0.717, 1.165) is 38.8 Å². The predicted molar refractivity (Wildman–Crippen MR) is 145 cm³/mol. The molecule has 184 valence electrons. The van der Waals surface area contributed by atoms with Crippen molar-refractivity contribution < 1.29 is 13.9 Å². The van der Waals surface area contributed by atoms with Crippen molar-refractivity contribution in [3.8, 4) is 0 Å². The molecule has 0 bridgehead atoms. The van der Waals surface area contributed by atoms with E-state index in [0.29, 0.717) is 11.6 Å². The van der Waals surface area contributed by atoms with Crippen LogP contribution in [0, 0.1) is 0 Å². The van der Waals surface area contributed by atoms with Crippen molar-refractivity contribution in [2.75, 3.05) is 10.2 Å². The van der Waals surface area contributed by atoms with E-state index in [-0.39, 0.29) is 0 Å². The lowest BCUT2D eigenvalue weighted by molar-refractivity contribution is 0.0636. The van der Waals surface area contributed by atoms with E-state index >= 15 is 0 Å². The molecule has 1 N–H and O–H groups in total. The molecule has 0 saturated carbocycles. The highest BCUT2D eigenvalue weighted by molar-refractivity contribution is 6.10. The van der Waals surface area contributed by atoms with Crippen molar-refractivity contribution in [2.45, 2.75) is 26.4 Å². The maximum Gasteiger partial charge on any atom is 0.412 e. The number of ether oxygens (including phenoxy) is 1. The molecule has 8 heteroatoms. The van der Waals surface area contributed by atoms with Gasteiger partial charge in [-0.1, -0.05) is 30.3 Å². The zero-order valence-electron chi connectivity index (χ0n) is 20.7. The number of carbonyl (C=O) groups is 1. The number of furan rings is 1. The molecule has 0 fully saturated rings. The fraction of sp³-hybridized carbons (Fsp3) is 0.138. The Labute approximate surface area is 213 Å². The Kier molecular flexibility index (Phi) is 5.30. The molecule has 0 aliphatic carbocycles. The molecule has 0 radical (unpaired) electrons. The maximum absolute atomic E-state index is 12.3. The summed E-state index contributed by atoms with van der Waals surface area (Å²) in [6.45, 7) is 5.49. The van der Waals surface area contributed by atoms with E-state index in [1.807, 2.05) is 92.4 Å². The van der Waals surface area contributed by atoms with Gasteiger partial charge in [0.25, 0.3) is 0 Å². The van der Waals surface area contributed by atoms with E-state index in [1.165, 1.54) is 0 Å². The average molecular weight is 492 g/mol. The third kappa shape index (κ3) is 4.23. The highest BCUT2D eigenvalue weighted by atomic mass is 16.6. The number of rotatable bonds is 4. The number of anilines is 4. The van der Waals surface area contributed by atoms with Crippen LogP contribution < -0.4 is 10.2 Å². The predicted octanol–water partition coefficient (Wildman–Crippen LogP) is 7.45. The monoisotopic (exact) mass is 491 g/mol. The van der Waals surface area contributed by atoms with Crippen LogP contribution in [0.3, 0.4) is 0 Å². The minimum absolute atomic E-state index is 0.507. The van der Waals surface area contributed by atoms with Gasteiger partial charge in [-0.05, 0) is 69.3 Å². The topological polar surface area (TPSA) is 84.9 Å². The van der Waals surface area contributed by atoms with Crippen LogP contribution in [0.25, 0.3) is 27.5 Å². The van der Waals surface area contributed by atoms with Crippen LogP contribution in [-0.4, -0.2) is 26.3 Å². The third-order valence-corrected chi connectivity index (χ3v) is 5.89. The Balaban J connectivity index is 1.49. The number of nitrogens with zero attached hydrogens (tertiary/aromatic N) is 4. The standard InChI is InChI=1S/C29H25N5O3/c1-29(2,3)37-28(35)32-19-11-13-20(14-12-19)33(27-30-17-15-21-16-18-31-34(21)27)24-9-6-8-23-22-7-4-5-10-25(22)36-26(23)24/h4-18H,1-3H3,(H,32,35). The Morgan fingerprint density at radius 2 is 1.68 bits per heavy atom. The lowest BCUT2D eigenvalue weighted by Gasteiger charge is -2.25. The summed E-state index contributed by atoms with van der Waals surface area (Å²) < 4.78 is 13.5. The van der Waals surface area contributed by atoms with Gasteiger partial charge in [-0.3, -0.25) is 10.2 Å². The number of para-hydroxylation sites is 2. The zero-order valence-corrected chi connectivity index (χ0v) is 20.7. The van der Waals surface area contributed by atoms with Crippen LogP contribution in [0.4, 0.5) is 27.8 Å². The first-order chi connectivity index (χ1) is 17.9. The van der Waals surface area contributed by atoms with E-state index in [9.17, 15) is 4.79 Å². The summed E-state index contributed by atoms with van der Waals surface area (Å²) in [4.78, 5) is 19.0. The van der Waals surface area contributed by atoms with Crippen LogP contribution in [0.15, 0.2) is 95.7 Å². The number of hydrogen-bond acceptors (Lipinski definition) is 6. The van der Waals surface area contributed by atoms with Crippen molar-refractivity contribution in [3.05, 3.63) is 91.3 Å². The molecule has 3 heterocycles. The van der Waals surface area contributed by atoms with Gasteiger partial charge in [-0.25, -0.2) is 9.78 Å². The van der Waals surface area contributed by atoms with Gasteiger partial charge >= 0.3 is 6.09 Å². The molecule has 0 spiro atoms. The molecule has 0 unspecified atom stereocenters. The van der Waals surface area contributed by atoms with Gasteiger partial charge in [0.1, 0.15) is 11.2 Å². The lowest BCUT2D eigenvalue weighted by Crippen LogP contribution is -2.27. The van der Waals surface area contributed by atoms with E-state index < -0.39 is 11.7 Å². The minimum atomic E-state index is -0.583. The molecular formula is C29H25N5O3. The number of carbonyl (C=O) groups excluding carboxylic acids is 1.